The SMILES string of the molecule is Cc1ccc(CN2CCN(CC(O)Cn3c4ccccc4n4c(=O)cc(C)c(C#N)c34)CC2)c(C)c1. The molecule has 186 valence electrons. The number of β-amino-alcohol motifs (C(OH)–C–C–N with tert-alkyl or cyclic N) is 1. The summed E-state index contributed by atoms with van der Waals surface area (Å²) in [6, 6.07) is 18.1. The molecule has 1 aliphatic heterocycles. The molecule has 36 heavy (non-hydrogen) atoms. The zero-order valence-corrected chi connectivity index (χ0v) is 21.2. The zero-order chi connectivity index (χ0) is 25.4. The Kier molecular flexibility index (Phi) is 6.67. The Morgan fingerprint density at radius 2 is 1.61 bits per heavy atom. The van der Waals surface area contributed by atoms with Crippen LogP contribution >= 0.6 is 0 Å². The lowest BCUT2D eigenvalue weighted by atomic mass is 10.1. The highest BCUT2D eigenvalue weighted by Crippen LogP contribution is 2.24. The Balaban J connectivity index is 1.31. The Hall–Kier alpha value is -3.44. The highest BCUT2D eigenvalue weighted by Gasteiger charge is 2.23. The summed E-state index contributed by atoms with van der Waals surface area (Å²) in [6.07, 6.45) is -0.627. The van der Waals surface area contributed by atoms with Gasteiger partial charge in [0.05, 0.1) is 29.2 Å². The van der Waals surface area contributed by atoms with Crippen LogP contribution in [0.4, 0.5) is 0 Å². The molecule has 1 unspecified atom stereocenters. The summed E-state index contributed by atoms with van der Waals surface area (Å²) in [7, 11) is 0. The van der Waals surface area contributed by atoms with Crippen molar-refractivity contribution in [1.82, 2.24) is 18.8 Å². The predicted octanol–water partition coefficient (Wildman–Crippen LogP) is 3.23. The third-order valence-corrected chi connectivity index (χ3v) is 7.39. The number of rotatable bonds is 6. The summed E-state index contributed by atoms with van der Waals surface area (Å²) >= 11 is 0. The number of hydrogen-bond donors (Lipinski definition) is 1. The van der Waals surface area contributed by atoms with Gasteiger partial charge in [-0.1, -0.05) is 35.9 Å². The third kappa shape index (κ3) is 4.56. The number of piperazine rings is 1. The number of para-hydroxylation sites is 2. The zero-order valence-electron chi connectivity index (χ0n) is 21.2. The number of nitrogens with zero attached hydrogens (tertiary/aromatic N) is 5. The third-order valence-electron chi connectivity index (χ3n) is 7.39. The number of aliphatic hydroxyl groups is 1. The molecule has 1 atom stereocenters. The van der Waals surface area contributed by atoms with E-state index >= 15 is 0 Å². The fraction of sp³-hybridized carbons (Fsp3) is 0.379. The van der Waals surface area contributed by atoms with Crippen molar-refractivity contribution in [3.63, 3.8) is 0 Å². The van der Waals surface area contributed by atoms with E-state index in [2.05, 4.69) is 47.9 Å². The predicted molar refractivity (Wildman–Crippen MR) is 142 cm³/mol. The van der Waals surface area contributed by atoms with E-state index in [-0.39, 0.29) is 5.56 Å². The highest BCUT2D eigenvalue weighted by atomic mass is 16.3. The van der Waals surface area contributed by atoms with E-state index in [1.807, 2.05) is 28.8 Å². The van der Waals surface area contributed by atoms with Gasteiger partial charge in [0.1, 0.15) is 11.7 Å². The van der Waals surface area contributed by atoms with Crippen LogP contribution in [0.15, 0.2) is 53.3 Å². The van der Waals surface area contributed by atoms with Gasteiger partial charge in [-0.25, -0.2) is 0 Å². The number of benzene rings is 2. The van der Waals surface area contributed by atoms with Crippen LogP contribution < -0.4 is 5.56 Å². The molecule has 2 aromatic heterocycles. The van der Waals surface area contributed by atoms with Crippen LogP contribution in [0, 0.1) is 32.1 Å². The maximum Gasteiger partial charge on any atom is 0.257 e. The molecule has 1 aliphatic rings. The second-order valence-electron chi connectivity index (χ2n) is 10.1. The minimum Gasteiger partial charge on any atom is -0.390 e. The van der Waals surface area contributed by atoms with Gasteiger partial charge in [-0.15, -0.1) is 0 Å². The Morgan fingerprint density at radius 3 is 2.31 bits per heavy atom. The van der Waals surface area contributed by atoms with Gasteiger partial charge in [-0.3, -0.25) is 19.0 Å². The van der Waals surface area contributed by atoms with E-state index in [0.717, 1.165) is 43.8 Å². The molecular weight excluding hydrogens is 450 g/mol. The Morgan fingerprint density at radius 1 is 0.917 bits per heavy atom. The summed E-state index contributed by atoms with van der Waals surface area (Å²) in [6.45, 7) is 11.6. The van der Waals surface area contributed by atoms with E-state index in [1.54, 1.807) is 11.3 Å². The van der Waals surface area contributed by atoms with Crippen LogP contribution in [0.3, 0.4) is 0 Å². The lowest BCUT2D eigenvalue weighted by Gasteiger charge is -2.36. The van der Waals surface area contributed by atoms with E-state index in [0.29, 0.717) is 29.9 Å². The molecule has 1 fully saturated rings. The second-order valence-corrected chi connectivity index (χ2v) is 10.1. The van der Waals surface area contributed by atoms with E-state index in [1.165, 1.54) is 22.8 Å². The minimum absolute atomic E-state index is 0.161. The van der Waals surface area contributed by atoms with Crippen molar-refractivity contribution in [3.05, 3.63) is 86.7 Å². The minimum atomic E-state index is -0.627. The fourth-order valence-electron chi connectivity index (χ4n) is 5.48. The highest BCUT2D eigenvalue weighted by molar-refractivity contribution is 5.84. The van der Waals surface area contributed by atoms with Crippen LogP contribution in [-0.4, -0.2) is 62.7 Å². The standard InChI is InChI=1S/C29H33N5O2/c1-20-8-9-23(21(2)14-20)17-31-10-12-32(13-11-31)18-24(35)19-33-26-6-4-5-7-27(26)34-28(36)15-22(3)25(16-30)29(33)34/h4-9,14-15,24,35H,10-13,17-19H2,1-3H3. The van der Waals surface area contributed by atoms with Gasteiger partial charge in [-0.05, 0) is 49.6 Å². The average molecular weight is 484 g/mol. The molecule has 7 heteroatoms. The smallest absolute Gasteiger partial charge is 0.257 e. The van der Waals surface area contributed by atoms with Crippen molar-refractivity contribution in [2.45, 2.75) is 40.0 Å². The van der Waals surface area contributed by atoms with Gasteiger partial charge in [0, 0.05) is 45.3 Å². The number of fused-ring (bicyclic) bond motifs is 3. The molecule has 0 radical (unpaired) electrons. The van der Waals surface area contributed by atoms with Crippen molar-refractivity contribution in [2.24, 2.45) is 0 Å². The largest absolute Gasteiger partial charge is 0.390 e. The number of pyridine rings is 1. The quantitative estimate of drug-likeness (QED) is 0.456. The van der Waals surface area contributed by atoms with Crippen LogP contribution in [0.25, 0.3) is 16.7 Å². The second kappa shape index (κ2) is 9.90. The number of nitriles is 1. The first-order valence-corrected chi connectivity index (χ1v) is 12.6. The Bertz CT molecular complexity index is 1520. The lowest BCUT2D eigenvalue weighted by Crippen LogP contribution is -2.48. The Labute approximate surface area is 211 Å². The van der Waals surface area contributed by atoms with Crippen LogP contribution in [0.2, 0.25) is 0 Å². The summed E-state index contributed by atoms with van der Waals surface area (Å²) in [5, 5.41) is 21.0. The molecule has 2 aromatic carbocycles. The first-order valence-electron chi connectivity index (χ1n) is 12.6. The molecule has 3 heterocycles. The molecule has 0 spiro atoms. The van der Waals surface area contributed by atoms with Crippen molar-refractivity contribution in [2.75, 3.05) is 32.7 Å². The van der Waals surface area contributed by atoms with E-state index in [4.69, 9.17) is 0 Å². The monoisotopic (exact) mass is 483 g/mol. The maximum absolute atomic E-state index is 12.9. The molecular formula is C29H33N5O2. The molecule has 0 aliphatic carbocycles. The number of imidazole rings is 1. The number of aliphatic hydroxyl groups excluding tert-OH is 1. The maximum atomic E-state index is 12.9. The number of aryl methyl sites for hydroxylation is 3. The number of hydrogen-bond acceptors (Lipinski definition) is 5. The van der Waals surface area contributed by atoms with Crippen molar-refractivity contribution in [1.29, 1.82) is 5.26 Å². The van der Waals surface area contributed by atoms with Crippen LogP contribution in [-0.2, 0) is 13.1 Å². The summed E-state index contributed by atoms with van der Waals surface area (Å²) in [5.74, 6) is 0. The lowest BCUT2D eigenvalue weighted by molar-refractivity contribution is 0.0632. The summed E-state index contributed by atoms with van der Waals surface area (Å²) in [5.41, 5.74) is 7.12. The molecule has 5 rings (SSSR count). The van der Waals surface area contributed by atoms with Gasteiger partial charge >= 0.3 is 0 Å². The van der Waals surface area contributed by atoms with Gasteiger partial charge in [0.2, 0.25) is 0 Å². The van der Waals surface area contributed by atoms with Gasteiger partial charge in [0.25, 0.3) is 5.56 Å². The van der Waals surface area contributed by atoms with Crippen molar-refractivity contribution < 1.29 is 5.11 Å². The van der Waals surface area contributed by atoms with Gasteiger partial charge in [-0.2, -0.15) is 5.26 Å². The van der Waals surface area contributed by atoms with Crippen LogP contribution in [0.5, 0.6) is 0 Å². The van der Waals surface area contributed by atoms with Gasteiger partial charge in [0.15, 0.2) is 0 Å². The fourth-order valence-corrected chi connectivity index (χ4v) is 5.48. The normalized spacial score (nSPS) is 16.0. The molecule has 1 N–H and O–H groups in total. The van der Waals surface area contributed by atoms with Crippen LogP contribution in [0.1, 0.15) is 27.8 Å². The molecule has 4 aromatic rings. The van der Waals surface area contributed by atoms with Crippen molar-refractivity contribution in [3.8, 4) is 6.07 Å². The summed E-state index contributed by atoms with van der Waals surface area (Å²) in [4.78, 5) is 17.6. The van der Waals surface area contributed by atoms with Crippen molar-refractivity contribution >= 4 is 16.7 Å². The molecule has 0 amide bonds. The molecule has 0 bridgehead atoms. The topological polar surface area (TPSA) is 76.9 Å². The summed E-state index contributed by atoms with van der Waals surface area (Å²) < 4.78 is 3.53. The van der Waals surface area contributed by atoms with E-state index < -0.39 is 6.10 Å². The van der Waals surface area contributed by atoms with E-state index in [9.17, 15) is 15.2 Å². The van der Waals surface area contributed by atoms with Gasteiger partial charge < -0.3 is 9.67 Å². The first kappa shape index (κ1) is 24.3. The first-order chi connectivity index (χ1) is 17.4. The molecule has 0 saturated carbocycles. The number of aromatic nitrogens is 2. The molecule has 1 saturated heterocycles. The average Bonchev–Trinajstić information content (AvgIpc) is 3.17. The molecule has 7 nitrogen and oxygen atoms in total.